The average Bonchev–Trinajstić information content (AvgIpc) is 3.08. The van der Waals surface area contributed by atoms with Crippen LogP contribution in [0.15, 0.2) is 23.9 Å². The monoisotopic (exact) mass is 835 g/mol. The van der Waals surface area contributed by atoms with Gasteiger partial charge in [-0.05, 0) is 43.4 Å². The predicted molar refractivity (Wildman–Crippen MR) is 209 cm³/mol. The Morgan fingerprint density at radius 2 is 1.56 bits per heavy atom. The smallest absolute Gasteiger partial charge is 0.329 e. The minimum absolute atomic E-state index is 0.0273. The number of hydrogen-bond acceptors (Lipinski definition) is 14. The van der Waals surface area contributed by atoms with Gasteiger partial charge in [-0.15, -0.1) is 0 Å². The van der Waals surface area contributed by atoms with Crippen molar-refractivity contribution in [2.24, 2.45) is 23.3 Å². The van der Waals surface area contributed by atoms with Crippen molar-refractivity contribution < 1.29 is 58.1 Å². The van der Waals surface area contributed by atoms with Crippen LogP contribution >= 0.6 is 34.2 Å². The van der Waals surface area contributed by atoms with Crippen molar-refractivity contribution in [3.63, 3.8) is 0 Å². The molecule has 0 radical (unpaired) electrons. The van der Waals surface area contributed by atoms with Gasteiger partial charge in [0.05, 0.1) is 6.42 Å². The summed E-state index contributed by atoms with van der Waals surface area (Å²) in [6.45, 7) is 7.49. The van der Waals surface area contributed by atoms with Crippen molar-refractivity contribution in [2.75, 3.05) is 18.1 Å². The van der Waals surface area contributed by atoms with Crippen LogP contribution in [0.4, 0.5) is 0 Å². The first-order valence-corrected chi connectivity index (χ1v) is 20.1. The standard InChI is InChI=1S/C33H53N7O12S3/c1-6-21(29(47)40-27(18(4)5)33(51)52-19(14-23(35)41)9-7-8-12-53)38-30(48)31(39-25(43)13-17(2)3)55-54-16-22(28(46)36-15-26(44)45)37-24(42)11-10-20(34)32(49)50/h6-7,9,17-20,22,27,31,53H,8,10-16,34H2,1-5H3,(H2,35,41)(H,36,46)(H,37,42)(H,38,48)(H,39,43)(H,40,47)(H,44,45)(H,49,50)/b9-7+,21-6-. The molecule has 0 saturated heterocycles. The molecule has 55 heavy (non-hydrogen) atoms. The fourth-order valence-corrected chi connectivity index (χ4v) is 6.62. The molecule has 0 aliphatic heterocycles. The van der Waals surface area contributed by atoms with E-state index in [1.807, 2.05) is 0 Å². The van der Waals surface area contributed by atoms with Gasteiger partial charge >= 0.3 is 17.9 Å². The van der Waals surface area contributed by atoms with Crippen LogP contribution in [0.5, 0.6) is 0 Å². The molecule has 0 bridgehead atoms. The molecule has 310 valence electrons. The maximum absolute atomic E-state index is 13.5. The third-order valence-electron chi connectivity index (χ3n) is 6.90. The first-order chi connectivity index (χ1) is 25.7. The zero-order valence-corrected chi connectivity index (χ0v) is 33.9. The summed E-state index contributed by atoms with van der Waals surface area (Å²) in [5.41, 5.74) is 10.4. The second kappa shape index (κ2) is 27.3. The van der Waals surface area contributed by atoms with E-state index in [0.29, 0.717) is 12.2 Å². The number of hydrogen-bond donors (Lipinski definition) is 10. The summed E-state index contributed by atoms with van der Waals surface area (Å²) in [5, 5.41) is 28.6. The third kappa shape index (κ3) is 22.6. The van der Waals surface area contributed by atoms with Crippen molar-refractivity contribution in [3.05, 3.63) is 23.9 Å². The Labute approximate surface area is 332 Å². The van der Waals surface area contributed by atoms with Crippen LogP contribution in [0.1, 0.15) is 66.7 Å². The molecular formula is C33H53N7O12S3. The van der Waals surface area contributed by atoms with Crippen molar-refractivity contribution in [2.45, 2.75) is 96.3 Å². The summed E-state index contributed by atoms with van der Waals surface area (Å²) in [6, 6.07) is -3.92. The zero-order valence-electron chi connectivity index (χ0n) is 31.3. The number of carbonyl (C=O) groups is 9. The highest BCUT2D eigenvalue weighted by molar-refractivity contribution is 8.77. The summed E-state index contributed by atoms with van der Waals surface area (Å²) >= 11 is 4.11. The van der Waals surface area contributed by atoms with E-state index in [0.717, 1.165) is 21.6 Å². The van der Waals surface area contributed by atoms with E-state index in [1.54, 1.807) is 33.8 Å². The van der Waals surface area contributed by atoms with Gasteiger partial charge in [0.15, 0.2) is 5.37 Å². The molecule has 5 atom stereocenters. The molecule has 22 heteroatoms. The number of nitrogens with two attached hydrogens (primary N) is 2. The largest absolute Gasteiger partial charge is 0.480 e. The van der Waals surface area contributed by atoms with Crippen LogP contribution in [-0.4, -0.2) is 111 Å². The highest BCUT2D eigenvalue weighted by Gasteiger charge is 2.31. The first-order valence-electron chi connectivity index (χ1n) is 17.1. The normalized spacial score (nSPS) is 14.2. The Hall–Kier alpha value is -4.28. The Kier molecular flexibility index (Phi) is 25.2. The molecule has 11 N–H and O–H groups in total. The summed E-state index contributed by atoms with van der Waals surface area (Å²) < 4.78 is 5.47. The quantitative estimate of drug-likeness (QED) is 0.0125. The lowest BCUT2D eigenvalue weighted by Crippen LogP contribution is -2.51. The van der Waals surface area contributed by atoms with Gasteiger partial charge in [-0.1, -0.05) is 61.4 Å². The van der Waals surface area contributed by atoms with Crippen LogP contribution in [0, 0.1) is 11.8 Å². The van der Waals surface area contributed by atoms with Gasteiger partial charge in [-0.2, -0.15) is 12.6 Å². The predicted octanol–water partition coefficient (Wildman–Crippen LogP) is -0.442. The highest BCUT2D eigenvalue weighted by Crippen LogP contribution is 2.27. The van der Waals surface area contributed by atoms with E-state index in [4.69, 9.17) is 26.4 Å². The topological polar surface area (TPSA) is 316 Å². The minimum atomic E-state index is -1.38. The van der Waals surface area contributed by atoms with Crippen LogP contribution in [0.2, 0.25) is 0 Å². The van der Waals surface area contributed by atoms with Gasteiger partial charge in [0.2, 0.25) is 23.6 Å². The molecule has 0 heterocycles. The lowest BCUT2D eigenvalue weighted by Gasteiger charge is -2.24. The molecule has 0 rings (SSSR count). The molecule has 0 aliphatic rings. The number of amides is 6. The fourth-order valence-electron chi connectivity index (χ4n) is 4.10. The third-order valence-corrected chi connectivity index (χ3v) is 9.68. The molecule has 0 aliphatic carbocycles. The Morgan fingerprint density at radius 3 is 2.09 bits per heavy atom. The number of rotatable bonds is 27. The summed E-state index contributed by atoms with van der Waals surface area (Å²) in [6.07, 6.45) is 3.07. The fraction of sp³-hybridized carbons (Fsp3) is 0.606. The number of thiol groups is 1. The molecule has 6 amide bonds. The molecule has 0 aromatic rings. The SMILES string of the molecule is C/C=C(\NC(=O)C(NC(=O)CC(C)C)SSCC(NC(=O)CCC(N)C(=O)O)C(=O)NCC(=O)O)C(=O)NC(C(=O)OC(/C=C/CCS)CC(N)=O)C(C)C. The van der Waals surface area contributed by atoms with Crippen LogP contribution < -0.4 is 38.1 Å². The van der Waals surface area contributed by atoms with Gasteiger partial charge in [-0.25, -0.2) is 4.79 Å². The number of carbonyl (C=O) groups excluding carboxylic acids is 7. The first kappa shape index (κ1) is 50.7. The van der Waals surface area contributed by atoms with E-state index in [1.165, 1.54) is 19.1 Å². The van der Waals surface area contributed by atoms with E-state index in [2.05, 4.69) is 39.2 Å². The Bertz CT molecular complexity index is 1430. The number of ether oxygens (including phenoxy) is 1. The van der Waals surface area contributed by atoms with Gasteiger partial charge in [0.1, 0.15) is 36.5 Å². The maximum Gasteiger partial charge on any atom is 0.329 e. The van der Waals surface area contributed by atoms with E-state index >= 15 is 0 Å². The number of aliphatic carboxylic acids is 2. The molecule has 0 fully saturated rings. The number of esters is 1. The van der Waals surface area contributed by atoms with Crippen LogP contribution in [0.3, 0.4) is 0 Å². The Morgan fingerprint density at radius 1 is 0.909 bits per heavy atom. The average molecular weight is 836 g/mol. The second-order valence-electron chi connectivity index (χ2n) is 12.6. The molecule has 0 spiro atoms. The van der Waals surface area contributed by atoms with Crippen molar-refractivity contribution >= 4 is 87.6 Å². The van der Waals surface area contributed by atoms with Gasteiger partial charge in [0, 0.05) is 18.6 Å². The minimum Gasteiger partial charge on any atom is -0.480 e. The maximum atomic E-state index is 13.5. The van der Waals surface area contributed by atoms with Gasteiger partial charge < -0.3 is 53.0 Å². The zero-order chi connectivity index (χ0) is 42.2. The number of primary amides is 1. The van der Waals surface area contributed by atoms with E-state index < -0.39 is 95.4 Å². The lowest BCUT2D eigenvalue weighted by molar-refractivity contribution is -0.153. The highest BCUT2D eigenvalue weighted by atomic mass is 33.1. The second-order valence-corrected chi connectivity index (χ2v) is 15.6. The number of carboxylic acid groups (broad SMARTS) is 2. The molecule has 0 aromatic carbocycles. The summed E-state index contributed by atoms with van der Waals surface area (Å²) in [5.74, 6) is -8.56. The van der Waals surface area contributed by atoms with Gasteiger partial charge in [0.25, 0.3) is 11.8 Å². The van der Waals surface area contributed by atoms with E-state index in [9.17, 15) is 43.2 Å². The van der Waals surface area contributed by atoms with Gasteiger partial charge in [-0.3, -0.25) is 38.4 Å². The molecular weight excluding hydrogens is 783 g/mol. The van der Waals surface area contributed by atoms with Crippen molar-refractivity contribution in [1.29, 1.82) is 0 Å². The van der Waals surface area contributed by atoms with Crippen molar-refractivity contribution in [3.8, 4) is 0 Å². The summed E-state index contributed by atoms with van der Waals surface area (Å²) in [4.78, 5) is 112. The summed E-state index contributed by atoms with van der Waals surface area (Å²) in [7, 11) is 1.60. The number of nitrogens with one attached hydrogen (secondary N) is 5. The number of allylic oxidation sites excluding steroid dienone is 2. The number of carboxylic acids is 2. The molecule has 5 unspecified atom stereocenters. The molecule has 0 aromatic heterocycles. The van der Waals surface area contributed by atoms with Crippen LogP contribution in [-0.2, 0) is 47.9 Å². The Balaban J connectivity index is 6.02. The van der Waals surface area contributed by atoms with Crippen LogP contribution in [0.25, 0.3) is 0 Å². The van der Waals surface area contributed by atoms with E-state index in [-0.39, 0.29) is 43.1 Å². The molecule has 19 nitrogen and oxygen atoms in total. The molecule has 0 saturated carbocycles. The van der Waals surface area contributed by atoms with Crippen molar-refractivity contribution in [1.82, 2.24) is 26.6 Å². The lowest BCUT2D eigenvalue weighted by atomic mass is 10.0.